The number of hydrogen-bond donors (Lipinski definition) is 1. The number of benzene rings is 1. The number of carbonyl (C=O) groups is 2. The van der Waals surface area contributed by atoms with Crippen LogP contribution in [0.2, 0.25) is 0 Å². The van der Waals surface area contributed by atoms with Crippen LogP contribution in [0.5, 0.6) is 0 Å². The maximum atomic E-state index is 11.9. The van der Waals surface area contributed by atoms with Crippen molar-refractivity contribution < 1.29 is 14.3 Å². The molecule has 1 amide bonds. The van der Waals surface area contributed by atoms with Crippen LogP contribution in [0.4, 0.5) is 0 Å². The van der Waals surface area contributed by atoms with E-state index < -0.39 is 5.97 Å². The lowest BCUT2D eigenvalue weighted by atomic mass is 9.86. The van der Waals surface area contributed by atoms with Gasteiger partial charge in [0.15, 0.2) is 6.61 Å². The van der Waals surface area contributed by atoms with Gasteiger partial charge in [-0.05, 0) is 49.3 Å². The highest BCUT2D eigenvalue weighted by molar-refractivity contribution is 7.98. The summed E-state index contributed by atoms with van der Waals surface area (Å²) in [7, 11) is 0. The van der Waals surface area contributed by atoms with Crippen LogP contribution in [0, 0.1) is 5.92 Å². The van der Waals surface area contributed by atoms with E-state index in [1.165, 1.54) is 6.42 Å². The predicted octanol–water partition coefficient (Wildman–Crippen LogP) is 3.26. The molecule has 1 aliphatic carbocycles. The van der Waals surface area contributed by atoms with Gasteiger partial charge in [0, 0.05) is 10.9 Å². The molecular formula is C17H23NO3S. The van der Waals surface area contributed by atoms with Crippen LogP contribution in [0.1, 0.15) is 43.0 Å². The standard InChI is InChI=1S/C17H23NO3S/c1-12-5-3-4-6-15(12)18-16(19)11-21-17(20)13-7-9-14(22-2)10-8-13/h7-10,12,15H,3-6,11H2,1-2H3,(H,18,19)/t12-,15+/m1/s1. The summed E-state index contributed by atoms with van der Waals surface area (Å²) < 4.78 is 5.08. The normalized spacial score (nSPS) is 21.2. The second-order valence-electron chi connectivity index (χ2n) is 5.74. The number of thioether (sulfide) groups is 1. The van der Waals surface area contributed by atoms with Crippen molar-refractivity contribution in [3.8, 4) is 0 Å². The lowest BCUT2D eigenvalue weighted by Crippen LogP contribution is -2.42. The molecule has 0 aromatic heterocycles. The maximum Gasteiger partial charge on any atom is 0.338 e. The minimum atomic E-state index is -0.459. The van der Waals surface area contributed by atoms with Crippen LogP contribution in [-0.2, 0) is 9.53 Å². The zero-order valence-corrected chi connectivity index (χ0v) is 13.9. The Kier molecular flexibility index (Phi) is 6.31. The van der Waals surface area contributed by atoms with E-state index in [0.717, 1.165) is 24.2 Å². The van der Waals surface area contributed by atoms with E-state index in [9.17, 15) is 9.59 Å². The zero-order chi connectivity index (χ0) is 15.9. The van der Waals surface area contributed by atoms with Gasteiger partial charge in [0.25, 0.3) is 5.91 Å². The van der Waals surface area contributed by atoms with Gasteiger partial charge in [0.1, 0.15) is 0 Å². The van der Waals surface area contributed by atoms with Crippen molar-refractivity contribution in [3.63, 3.8) is 0 Å². The summed E-state index contributed by atoms with van der Waals surface area (Å²) in [5.41, 5.74) is 0.469. The molecule has 22 heavy (non-hydrogen) atoms. The first kappa shape index (κ1) is 16.9. The largest absolute Gasteiger partial charge is 0.452 e. The minimum absolute atomic E-state index is 0.209. The van der Waals surface area contributed by atoms with Crippen molar-refractivity contribution in [3.05, 3.63) is 29.8 Å². The highest BCUT2D eigenvalue weighted by atomic mass is 32.2. The number of amides is 1. The molecule has 0 bridgehead atoms. The monoisotopic (exact) mass is 321 g/mol. The third-order valence-electron chi connectivity index (χ3n) is 4.12. The topological polar surface area (TPSA) is 55.4 Å². The summed E-state index contributed by atoms with van der Waals surface area (Å²) in [6.07, 6.45) is 6.51. The number of nitrogens with one attached hydrogen (secondary N) is 1. The van der Waals surface area contributed by atoms with E-state index in [0.29, 0.717) is 11.5 Å². The van der Waals surface area contributed by atoms with E-state index in [2.05, 4.69) is 12.2 Å². The van der Waals surface area contributed by atoms with Crippen LogP contribution in [0.15, 0.2) is 29.2 Å². The fourth-order valence-corrected chi connectivity index (χ4v) is 3.13. The van der Waals surface area contributed by atoms with Gasteiger partial charge in [0.05, 0.1) is 5.56 Å². The van der Waals surface area contributed by atoms with Crippen molar-refractivity contribution in [1.82, 2.24) is 5.32 Å². The van der Waals surface area contributed by atoms with Gasteiger partial charge in [0.2, 0.25) is 0 Å². The third-order valence-corrected chi connectivity index (χ3v) is 4.86. The molecule has 120 valence electrons. The van der Waals surface area contributed by atoms with Crippen LogP contribution >= 0.6 is 11.8 Å². The molecule has 1 aliphatic rings. The Hall–Kier alpha value is -1.49. The number of hydrogen-bond acceptors (Lipinski definition) is 4. The molecule has 2 rings (SSSR count). The van der Waals surface area contributed by atoms with E-state index >= 15 is 0 Å². The van der Waals surface area contributed by atoms with Gasteiger partial charge < -0.3 is 10.1 Å². The first-order chi connectivity index (χ1) is 10.6. The molecule has 5 heteroatoms. The van der Waals surface area contributed by atoms with Crippen molar-refractivity contribution in [2.75, 3.05) is 12.9 Å². The quantitative estimate of drug-likeness (QED) is 0.668. The summed E-state index contributed by atoms with van der Waals surface area (Å²) in [6, 6.07) is 7.38. The number of rotatable bonds is 5. The molecule has 0 unspecified atom stereocenters. The second kappa shape index (κ2) is 8.22. The molecule has 0 radical (unpaired) electrons. The summed E-state index contributed by atoms with van der Waals surface area (Å²) >= 11 is 1.61. The Balaban J connectivity index is 1.78. The fourth-order valence-electron chi connectivity index (χ4n) is 2.72. The van der Waals surface area contributed by atoms with Crippen molar-refractivity contribution >= 4 is 23.6 Å². The van der Waals surface area contributed by atoms with Crippen LogP contribution in [-0.4, -0.2) is 30.8 Å². The van der Waals surface area contributed by atoms with Gasteiger partial charge in [-0.3, -0.25) is 4.79 Å². The van der Waals surface area contributed by atoms with E-state index in [1.54, 1.807) is 23.9 Å². The van der Waals surface area contributed by atoms with E-state index in [1.807, 2.05) is 18.4 Å². The first-order valence-corrected chi connectivity index (χ1v) is 8.93. The van der Waals surface area contributed by atoms with Crippen LogP contribution < -0.4 is 5.32 Å². The smallest absolute Gasteiger partial charge is 0.338 e. The Morgan fingerprint density at radius 2 is 1.91 bits per heavy atom. The molecule has 1 saturated carbocycles. The van der Waals surface area contributed by atoms with Gasteiger partial charge in [-0.15, -0.1) is 11.8 Å². The highest BCUT2D eigenvalue weighted by Crippen LogP contribution is 2.23. The predicted molar refractivity (Wildman–Crippen MR) is 88.1 cm³/mol. The molecule has 1 fully saturated rings. The molecule has 0 heterocycles. The maximum absolute atomic E-state index is 11.9. The fraction of sp³-hybridized carbons (Fsp3) is 0.529. The summed E-state index contributed by atoms with van der Waals surface area (Å²) in [4.78, 5) is 24.9. The van der Waals surface area contributed by atoms with E-state index in [4.69, 9.17) is 4.74 Å². The lowest BCUT2D eigenvalue weighted by molar-refractivity contribution is -0.125. The lowest BCUT2D eigenvalue weighted by Gasteiger charge is -2.29. The number of esters is 1. The first-order valence-electron chi connectivity index (χ1n) is 7.70. The molecule has 2 atom stereocenters. The number of ether oxygens (including phenoxy) is 1. The molecule has 0 spiro atoms. The van der Waals surface area contributed by atoms with Crippen LogP contribution in [0.25, 0.3) is 0 Å². The number of carbonyl (C=O) groups excluding carboxylic acids is 2. The highest BCUT2D eigenvalue weighted by Gasteiger charge is 2.23. The molecule has 0 aliphatic heterocycles. The molecule has 4 nitrogen and oxygen atoms in total. The molecule has 1 aromatic carbocycles. The average Bonchev–Trinajstić information content (AvgIpc) is 2.55. The third kappa shape index (κ3) is 4.77. The summed E-state index contributed by atoms with van der Waals surface area (Å²) in [5.74, 6) is -0.181. The summed E-state index contributed by atoms with van der Waals surface area (Å²) in [6.45, 7) is 1.94. The van der Waals surface area contributed by atoms with Gasteiger partial charge in [-0.2, -0.15) is 0 Å². The van der Waals surface area contributed by atoms with Crippen molar-refractivity contribution in [2.24, 2.45) is 5.92 Å². The van der Waals surface area contributed by atoms with Crippen molar-refractivity contribution in [1.29, 1.82) is 0 Å². The SMILES string of the molecule is CSc1ccc(C(=O)OCC(=O)N[C@H]2CCCC[C@H]2C)cc1. The molecule has 1 N–H and O–H groups in total. The molecular weight excluding hydrogens is 298 g/mol. The average molecular weight is 321 g/mol. The second-order valence-corrected chi connectivity index (χ2v) is 6.62. The Labute approximate surface area is 136 Å². The molecule has 0 saturated heterocycles. The van der Waals surface area contributed by atoms with E-state index in [-0.39, 0.29) is 18.6 Å². The molecule has 1 aromatic rings. The van der Waals surface area contributed by atoms with Gasteiger partial charge in [-0.1, -0.05) is 19.8 Å². The van der Waals surface area contributed by atoms with Crippen LogP contribution in [0.3, 0.4) is 0 Å². The minimum Gasteiger partial charge on any atom is -0.452 e. The van der Waals surface area contributed by atoms with Gasteiger partial charge >= 0.3 is 5.97 Å². The Morgan fingerprint density at radius 3 is 2.55 bits per heavy atom. The Morgan fingerprint density at radius 1 is 1.23 bits per heavy atom. The van der Waals surface area contributed by atoms with Gasteiger partial charge in [-0.25, -0.2) is 4.79 Å². The Bertz CT molecular complexity index is 515. The zero-order valence-electron chi connectivity index (χ0n) is 13.1. The van der Waals surface area contributed by atoms with Crippen molar-refractivity contribution in [2.45, 2.75) is 43.5 Å². The summed E-state index contributed by atoms with van der Waals surface area (Å²) in [5, 5.41) is 2.97.